The van der Waals surface area contributed by atoms with Crippen molar-refractivity contribution in [3.63, 3.8) is 0 Å². The molecule has 6 heteroatoms. The maximum Gasteiger partial charge on any atom is 0.120 e. The molecule has 0 aliphatic carbocycles. The molecular formula is C17H10Cl2NO2S-. The van der Waals surface area contributed by atoms with E-state index in [4.69, 9.17) is 23.2 Å². The van der Waals surface area contributed by atoms with Gasteiger partial charge in [-0.2, -0.15) is 0 Å². The van der Waals surface area contributed by atoms with E-state index in [0.29, 0.717) is 20.6 Å². The number of halogens is 2. The van der Waals surface area contributed by atoms with E-state index >= 15 is 0 Å². The smallest absolute Gasteiger partial charge is 0.120 e. The van der Waals surface area contributed by atoms with Crippen molar-refractivity contribution < 1.29 is 9.90 Å². The number of carbonyl (C=O) groups excluding carboxylic acids is 1. The molecule has 1 heterocycles. The van der Waals surface area contributed by atoms with E-state index in [1.165, 1.54) is 11.3 Å². The van der Waals surface area contributed by atoms with E-state index in [1.807, 2.05) is 24.3 Å². The Kier molecular flexibility index (Phi) is 4.66. The van der Waals surface area contributed by atoms with Crippen LogP contribution in [0.2, 0.25) is 10.0 Å². The number of carbonyl (C=O) groups is 1. The minimum Gasteiger partial charge on any atom is -0.550 e. The molecule has 0 saturated heterocycles. The lowest BCUT2D eigenvalue weighted by molar-refractivity contribution is -0.304. The lowest BCUT2D eigenvalue weighted by Gasteiger charge is -2.06. The summed E-state index contributed by atoms with van der Waals surface area (Å²) < 4.78 is 1.00. The number of aromatic nitrogens is 1. The molecule has 0 unspecified atom stereocenters. The van der Waals surface area contributed by atoms with Crippen molar-refractivity contribution >= 4 is 62.4 Å². The van der Waals surface area contributed by atoms with Gasteiger partial charge >= 0.3 is 0 Å². The fraction of sp³-hybridized carbons (Fsp3) is 0.0588. The number of benzene rings is 2. The predicted octanol–water partition coefficient (Wildman–Crippen LogP) is 4.28. The third-order valence-corrected chi connectivity index (χ3v) is 5.04. The number of carboxylic acids is 1. The summed E-state index contributed by atoms with van der Waals surface area (Å²) in [4.78, 5) is 15.6. The standard InChI is InChI=1S/C17H11Cl2NO2S/c18-12-6-5-10(8-13(12)19)7-11(9-16(21)22)17-20-14-3-1-2-4-15(14)23-17/h1-8H,9H2,(H,21,22)/p-1/b11-7+. The van der Waals surface area contributed by atoms with Crippen molar-refractivity contribution in [1.29, 1.82) is 0 Å². The summed E-state index contributed by atoms with van der Waals surface area (Å²) in [6, 6.07) is 12.8. The van der Waals surface area contributed by atoms with Gasteiger partial charge in [0.05, 0.1) is 20.3 Å². The Morgan fingerprint density at radius 3 is 2.65 bits per heavy atom. The number of nitrogens with zero attached hydrogens (tertiary/aromatic N) is 1. The molecule has 23 heavy (non-hydrogen) atoms. The number of carboxylic acid groups (broad SMARTS) is 1. The zero-order valence-corrected chi connectivity index (χ0v) is 14.1. The second kappa shape index (κ2) is 6.71. The van der Waals surface area contributed by atoms with Crippen molar-refractivity contribution in [3.8, 4) is 0 Å². The normalized spacial score (nSPS) is 11.8. The summed E-state index contributed by atoms with van der Waals surface area (Å²) in [5, 5.41) is 12.6. The maximum atomic E-state index is 11.1. The molecule has 0 radical (unpaired) electrons. The van der Waals surface area contributed by atoms with Gasteiger partial charge in [0, 0.05) is 12.4 Å². The Bertz CT molecular complexity index is 885. The van der Waals surface area contributed by atoms with E-state index in [0.717, 1.165) is 15.8 Å². The molecule has 0 aliphatic heterocycles. The van der Waals surface area contributed by atoms with Crippen molar-refractivity contribution in [2.24, 2.45) is 0 Å². The van der Waals surface area contributed by atoms with Crippen LogP contribution in [0, 0.1) is 0 Å². The zero-order valence-electron chi connectivity index (χ0n) is 11.8. The molecule has 0 atom stereocenters. The van der Waals surface area contributed by atoms with Crippen LogP contribution >= 0.6 is 34.5 Å². The summed E-state index contributed by atoms with van der Waals surface area (Å²) in [7, 11) is 0. The quantitative estimate of drug-likeness (QED) is 0.695. The van der Waals surface area contributed by atoms with Gasteiger partial charge in [-0.15, -0.1) is 11.3 Å². The summed E-state index contributed by atoms with van der Waals surface area (Å²) in [6.45, 7) is 0. The number of rotatable bonds is 4. The van der Waals surface area contributed by atoms with Crippen molar-refractivity contribution in [2.45, 2.75) is 6.42 Å². The molecule has 3 rings (SSSR count). The molecule has 0 aliphatic rings. The molecule has 0 N–H and O–H groups in total. The highest BCUT2D eigenvalue weighted by molar-refractivity contribution is 7.19. The fourth-order valence-corrected chi connectivity index (χ4v) is 3.44. The van der Waals surface area contributed by atoms with Gasteiger partial charge in [0.2, 0.25) is 0 Å². The van der Waals surface area contributed by atoms with Crippen LogP contribution in [0.25, 0.3) is 21.9 Å². The molecule has 0 saturated carbocycles. The number of hydrogen-bond acceptors (Lipinski definition) is 4. The van der Waals surface area contributed by atoms with Gasteiger partial charge in [0.1, 0.15) is 5.01 Å². The third-order valence-electron chi connectivity index (χ3n) is 3.19. The van der Waals surface area contributed by atoms with Crippen LogP contribution < -0.4 is 5.11 Å². The maximum absolute atomic E-state index is 11.1. The Morgan fingerprint density at radius 1 is 1.17 bits per heavy atom. The minimum atomic E-state index is -1.16. The van der Waals surface area contributed by atoms with E-state index < -0.39 is 5.97 Å². The van der Waals surface area contributed by atoms with Crippen LogP contribution in [0.4, 0.5) is 0 Å². The average Bonchev–Trinajstić information content (AvgIpc) is 2.94. The van der Waals surface area contributed by atoms with Crippen LogP contribution in [0.3, 0.4) is 0 Å². The molecule has 116 valence electrons. The Hall–Kier alpha value is -1.88. The SMILES string of the molecule is O=C([O-])C/C(=C\c1ccc(Cl)c(Cl)c1)c1nc2ccccc2s1. The lowest BCUT2D eigenvalue weighted by atomic mass is 10.1. The van der Waals surface area contributed by atoms with Crippen LogP contribution in [-0.4, -0.2) is 11.0 Å². The summed E-state index contributed by atoms with van der Waals surface area (Å²) in [5.74, 6) is -1.16. The van der Waals surface area contributed by atoms with Crippen LogP contribution in [0.5, 0.6) is 0 Å². The van der Waals surface area contributed by atoms with E-state index in [2.05, 4.69) is 4.98 Å². The number of para-hydroxylation sites is 1. The second-order valence-corrected chi connectivity index (χ2v) is 6.72. The van der Waals surface area contributed by atoms with Crippen molar-refractivity contribution in [1.82, 2.24) is 4.98 Å². The van der Waals surface area contributed by atoms with Crippen molar-refractivity contribution in [2.75, 3.05) is 0 Å². The highest BCUT2D eigenvalue weighted by Gasteiger charge is 2.10. The molecule has 0 amide bonds. The molecule has 1 aromatic heterocycles. The van der Waals surface area contributed by atoms with Crippen LogP contribution in [0.15, 0.2) is 42.5 Å². The Morgan fingerprint density at radius 2 is 1.96 bits per heavy atom. The minimum absolute atomic E-state index is 0.222. The first-order chi connectivity index (χ1) is 11.0. The number of hydrogen-bond donors (Lipinski definition) is 0. The third kappa shape index (κ3) is 3.72. The first kappa shape index (κ1) is 16.0. The van der Waals surface area contributed by atoms with Gasteiger partial charge < -0.3 is 9.90 Å². The molecule has 0 fully saturated rings. The average molecular weight is 363 g/mol. The molecule has 0 spiro atoms. The molecular weight excluding hydrogens is 353 g/mol. The summed E-state index contributed by atoms with van der Waals surface area (Å²) in [6.07, 6.45) is 1.52. The highest BCUT2D eigenvalue weighted by atomic mass is 35.5. The van der Waals surface area contributed by atoms with Crippen LogP contribution in [-0.2, 0) is 4.79 Å². The summed E-state index contributed by atoms with van der Waals surface area (Å²) >= 11 is 13.4. The number of thiazole rings is 1. The number of aliphatic carboxylic acids is 1. The van der Waals surface area contributed by atoms with E-state index in [1.54, 1.807) is 24.3 Å². The predicted molar refractivity (Wildman–Crippen MR) is 93.6 cm³/mol. The van der Waals surface area contributed by atoms with Crippen LogP contribution in [0.1, 0.15) is 17.0 Å². The first-order valence-corrected chi connectivity index (χ1v) is 8.31. The van der Waals surface area contributed by atoms with Gasteiger partial charge in [-0.1, -0.05) is 41.4 Å². The molecule has 3 nitrogen and oxygen atoms in total. The van der Waals surface area contributed by atoms with Gasteiger partial charge in [0.25, 0.3) is 0 Å². The Balaban J connectivity index is 2.07. The second-order valence-electron chi connectivity index (χ2n) is 4.88. The van der Waals surface area contributed by atoms with Crippen molar-refractivity contribution in [3.05, 3.63) is 63.1 Å². The van der Waals surface area contributed by atoms with Gasteiger partial charge in [-0.3, -0.25) is 0 Å². The largest absolute Gasteiger partial charge is 0.550 e. The highest BCUT2D eigenvalue weighted by Crippen LogP contribution is 2.31. The number of fused-ring (bicyclic) bond motifs is 1. The Labute approximate surface area is 146 Å². The van der Waals surface area contributed by atoms with E-state index in [-0.39, 0.29) is 6.42 Å². The topological polar surface area (TPSA) is 53.0 Å². The van der Waals surface area contributed by atoms with Gasteiger partial charge in [-0.05, 0) is 41.5 Å². The summed E-state index contributed by atoms with van der Waals surface area (Å²) in [5.41, 5.74) is 2.17. The molecule has 3 aromatic rings. The fourth-order valence-electron chi connectivity index (χ4n) is 2.16. The zero-order chi connectivity index (χ0) is 16.4. The lowest BCUT2D eigenvalue weighted by Crippen LogP contribution is -2.22. The first-order valence-electron chi connectivity index (χ1n) is 6.74. The molecule has 2 aromatic carbocycles. The van der Waals surface area contributed by atoms with E-state index in [9.17, 15) is 9.90 Å². The van der Waals surface area contributed by atoms with Gasteiger partial charge in [-0.25, -0.2) is 4.98 Å². The van der Waals surface area contributed by atoms with Gasteiger partial charge in [0.15, 0.2) is 0 Å². The molecule has 0 bridgehead atoms. The monoisotopic (exact) mass is 362 g/mol.